The van der Waals surface area contributed by atoms with Gasteiger partial charge in [-0.3, -0.25) is 14.3 Å². The average Bonchev–Trinajstić information content (AvgIpc) is 2.71. The first-order valence-electron chi connectivity index (χ1n) is 6.24. The molecule has 0 aliphatic rings. The van der Waals surface area contributed by atoms with Gasteiger partial charge < -0.3 is 5.10 Å². The molecule has 0 saturated carbocycles. The summed E-state index contributed by atoms with van der Waals surface area (Å²) in [5.74, 6) is -0.419. The number of carbonyl (C=O) groups excluding carboxylic acids is 1. The minimum atomic E-state index is -3.35. The van der Waals surface area contributed by atoms with Crippen LogP contribution in [0.4, 0.5) is 0 Å². The number of hydrogen-bond donors (Lipinski definition) is 1. The van der Waals surface area contributed by atoms with E-state index in [4.69, 9.17) is 0 Å². The van der Waals surface area contributed by atoms with E-state index in [0.717, 1.165) is 6.26 Å². The van der Waals surface area contributed by atoms with Crippen molar-refractivity contribution in [3.63, 3.8) is 0 Å². The third-order valence-electron chi connectivity index (χ3n) is 3.56. The fourth-order valence-electron chi connectivity index (χ4n) is 2.21. The third-order valence-corrected chi connectivity index (χ3v) is 4.80. The van der Waals surface area contributed by atoms with Crippen LogP contribution in [0.3, 0.4) is 0 Å². The summed E-state index contributed by atoms with van der Waals surface area (Å²) in [6, 6.07) is 2.86. The Morgan fingerprint density at radius 1 is 1.14 bits per heavy atom. The van der Waals surface area contributed by atoms with Gasteiger partial charge in [0.2, 0.25) is 0 Å². The third kappa shape index (κ3) is 2.56. The maximum Gasteiger partial charge on any atom is 0.277 e. The van der Waals surface area contributed by atoms with Gasteiger partial charge in [0.1, 0.15) is 5.56 Å². The van der Waals surface area contributed by atoms with Crippen LogP contribution in [-0.2, 0) is 16.9 Å². The van der Waals surface area contributed by atoms with Crippen molar-refractivity contribution in [2.24, 2.45) is 7.05 Å². The molecule has 0 unspecified atom stereocenters. The second-order valence-electron chi connectivity index (χ2n) is 5.01. The first-order chi connectivity index (χ1) is 9.64. The lowest BCUT2D eigenvalue weighted by Crippen LogP contribution is -2.20. The van der Waals surface area contributed by atoms with Gasteiger partial charge in [-0.2, -0.15) is 0 Å². The summed E-state index contributed by atoms with van der Waals surface area (Å²) in [7, 11) is -1.83. The zero-order valence-corrected chi connectivity index (χ0v) is 13.0. The van der Waals surface area contributed by atoms with Gasteiger partial charge in [0.15, 0.2) is 15.6 Å². The number of nitrogens with one attached hydrogen (secondary N) is 1. The number of aryl methyl sites for hydroxylation is 1. The lowest BCUT2D eigenvalue weighted by molar-refractivity contribution is 0.103. The molecule has 112 valence electrons. The zero-order valence-electron chi connectivity index (χ0n) is 12.2. The molecule has 21 heavy (non-hydrogen) atoms. The quantitative estimate of drug-likeness (QED) is 0.855. The Labute approximate surface area is 122 Å². The Balaban J connectivity index is 2.62. The molecule has 1 aromatic heterocycles. The normalized spacial score (nSPS) is 11.6. The van der Waals surface area contributed by atoms with Crippen LogP contribution in [0, 0.1) is 13.8 Å². The first kappa shape index (κ1) is 15.2. The minimum absolute atomic E-state index is 0.0344. The second-order valence-corrected chi connectivity index (χ2v) is 7.00. The number of sulfone groups is 1. The molecular weight excluding hydrogens is 292 g/mol. The van der Waals surface area contributed by atoms with Crippen molar-refractivity contribution in [2.75, 3.05) is 6.26 Å². The first-order valence-corrected chi connectivity index (χ1v) is 8.13. The summed E-state index contributed by atoms with van der Waals surface area (Å²) in [5.41, 5.74) is 1.04. The SMILES string of the molecule is Cc1c(C(=O)c2c[nH]n(C)c2=O)ccc(S(C)(=O)=O)c1C. The van der Waals surface area contributed by atoms with E-state index < -0.39 is 21.2 Å². The molecule has 1 heterocycles. The van der Waals surface area contributed by atoms with E-state index in [2.05, 4.69) is 5.10 Å². The van der Waals surface area contributed by atoms with Gasteiger partial charge in [0.05, 0.1) is 4.90 Å². The van der Waals surface area contributed by atoms with Crippen molar-refractivity contribution in [3.8, 4) is 0 Å². The van der Waals surface area contributed by atoms with Gasteiger partial charge in [-0.15, -0.1) is 0 Å². The van der Waals surface area contributed by atoms with Crippen molar-refractivity contribution in [1.29, 1.82) is 0 Å². The largest absolute Gasteiger partial charge is 0.302 e. The molecule has 1 N–H and O–H groups in total. The number of aromatic nitrogens is 2. The summed E-state index contributed by atoms with van der Waals surface area (Å²) in [4.78, 5) is 24.4. The molecule has 0 atom stereocenters. The highest BCUT2D eigenvalue weighted by Crippen LogP contribution is 2.23. The molecule has 0 spiro atoms. The van der Waals surface area contributed by atoms with Gasteiger partial charge >= 0.3 is 0 Å². The Hall–Kier alpha value is -2.15. The summed E-state index contributed by atoms with van der Waals surface area (Å²) < 4.78 is 24.6. The predicted molar refractivity (Wildman–Crippen MR) is 78.5 cm³/mol. The van der Waals surface area contributed by atoms with E-state index in [1.54, 1.807) is 13.8 Å². The monoisotopic (exact) mass is 308 g/mol. The van der Waals surface area contributed by atoms with Crippen LogP contribution in [0.2, 0.25) is 0 Å². The summed E-state index contributed by atoms with van der Waals surface area (Å²) in [6.45, 7) is 3.33. The van der Waals surface area contributed by atoms with Crippen LogP contribution in [0.15, 0.2) is 28.0 Å². The number of hydrogen-bond acceptors (Lipinski definition) is 4. The number of aromatic amines is 1. The van der Waals surface area contributed by atoms with Crippen LogP contribution in [0.25, 0.3) is 0 Å². The lowest BCUT2D eigenvalue weighted by Gasteiger charge is -2.10. The molecule has 0 radical (unpaired) electrons. The maximum absolute atomic E-state index is 12.4. The van der Waals surface area contributed by atoms with Crippen molar-refractivity contribution >= 4 is 15.6 Å². The van der Waals surface area contributed by atoms with E-state index in [9.17, 15) is 18.0 Å². The van der Waals surface area contributed by atoms with Crippen LogP contribution in [0.5, 0.6) is 0 Å². The molecule has 0 aliphatic heterocycles. The highest BCUT2D eigenvalue weighted by Gasteiger charge is 2.21. The molecular formula is C14H16N2O4S. The smallest absolute Gasteiger partial charge is 0.277 e. The van der Waals surface area contributed by atoms with Gasteiger partial charge in [0.25, 0.3) is 5.56 Å². The molecule has 0 saturated heterocycles. The molecule has 6 nitrogen and oxygen atoms in total. The summed E-state index contributed by atoms with van der Waals surface area (Å²) in [6.07, 6.45) is 2.47. The van der Waals surface area contributed by atoms with Crippen molar-refractivity contribution in [1.82, 2.24) is 9.78 Å². The number of nitrogens with zero attached hydrogens (tertiary/aromatic N) is 1. The van der Waals surface area contributed by atoms with Gasteiger partial charge in [-0.05, 0) is 37.1 Å². The van der Waals surface area contributed by atoms with Gasteiger partial charge in [-0.1, -0.05) is 0 Å². The topological polar surface area (TPSA) is 89.0 Å². The second kappa shape index (κ2) is 5.00. The molecule has 0 fully saturated rings. The standard InChI is InChI=1S/C14H16N2O4S/c1-8-9(2)12(21(4,19)20)6-5-10(8)13(17)11-7-15-16(3)14(11)18/h5-7,15H,1-4H3. The van der Waals surface area contributed by atoms with Gasteiger partial charge in [0, 0.05) is 25.1 Å². The lowest BCUT2D eigenvalue weighted by atomic mass is 9.97. The number of H-pyrrole nitrogens is 1. The van der Waals surface area contributed by atoms with Crippen LogP contribution in [0.1, 0.15) is 27.0 Å². The predicted octanol–water partition coefficient (Wildman–Crippen LogP) is 0.965. The summed E-state index contributed by atoms with van der Waals surface area (Å²) in [5, 5.41) is 2.64. The average molecular weight is 308 g/mol. The number of carbonyl (C=O) groups is 1. The highest BCUT2D eigenvalue weighted by atomic mass is 32.2. The molecule has 1 aromatic carbocycles. The summed E-state index contributed by atoms with van der Waals surface area (Å²) >= 11 is 0. The van der Waals surface area contributed by atoms with Crippen molar-refractivity contribution in [2.45, 2.75) is 18.7 Å². The Morgan fingerprint density at radius 3 is 2.24 bits per heavy atom. The van der Waals surface area contributed by atoms with E-state index in [1.165, 1.54) is 30.1 Å². The van der Waals surface area contributed by atoms with Gasteiger partial charge in [-0.25, -0.2) is 8.42 Å². The molecule has 0 amide bonds. The van der Waals surface area contributed by atoms with E-state index in [0.29, 0.717) is 16.7 Å². The Morgan fingerprint density at radius 2 is 1.76 bits per heavy atom. The van der Waals surface area contributed by atoms with E-state index in [1.807, 2.05) is 0 Å². The number of rotatable bonds is 3. The van der Waals surface area contributed by atoms with E-state index >= 15 is 0 Å². The molecule has 2 aromatic rings. The van der Waals surface area contributed by atoms with E-state index in [-0.39, 0.29) is 10.5 Å². The molecule has 0 aliphatic carbocycles. The zero-order chi connectivity index (χ0) is 15.9. The number of ketones is 1. The minimum Gasteiger partial charge on any atom is -0.302 e. The van der Waals surface area contributed by atoms with Crippen LogP contribution in [-0.4, -0.2) is 30.2 Å². The molecule has 2 rings (SSSR count). The van der Waals surface area contributed by atoms with Crippen molar-refractivity contribution in [3.05, 3.63) is 50.9 Å². The Kier molecular flexibility index (Phi) is 3.63. The number of benzene rings is 1. The van der Waals surface area contributed by atoms with Crippen LogP contribution >= 0.6 is 0 Å². The molecule has 0 bridgehead atoms. The van der Waals surface area contributed by atoms with Crippen LogP contribution < -0.4 is 5.56 Å². The maximum atomic E-state index is 12.4. The fraction of sp³-hybridized carbons (Fsp3) is 0.286. The molecule has 7 heteroatoms. The fourth-order valence-corrected chi connectivity index (χ4v) is 3.24. The Bertz CT molecular complexity index is 888. The van der Waals surface area contributed by atoms with Crippen molar-refractivity contribution < 1.29 is 13.2 Å². The highest BCUT2D eigenvalue weighted by molar-refractivity contribution is 7.90.